The zero-order valence-corrected chi connectivity index (χ0v) is 26.1. The Labute approximate surface area is 271 Å². The van der Waals surface area contributed by atoms with Crippen molar-refractivity contribution >= 4 is 0 Å². The van der Waals surface area contributed by atoms with Crippen LogP contribution in [0.5, 0.6) is 0 Å². The molecular formula is C32H41N9O6. The lowest BCUT2D eigenvalue weighted by molar-refractivity contribution is -0.218. The molecule has 2 aromatic heterocycles. The number of aromatic nitrogens is 6. The Morgan fingerprint density at radius 3 is 2.40 bits per heavy atom. The highest BCUT2D eigenvalue weighted by Crippen LogP contribution is 2.31. The minimum Gasteiger partial charge on any atom is -0.392 e. The second-order valence-corrected chi connectivity index (χ2v) is 11.1. The van der Waals surface area contributed by atoms with Crippen molar-refractivity contribution in [2.24, 2.45) is 0 Å². The third kappa shape index (κ3) is 9.00. The van der Waals surface area contributed by atoms with E-state index in [-0.39, 0.29) is 24.4 Å². The quantitative estimate of drug-likeness (QED) is 0.115. The first-order chi connectivity index (χ1) is 22.8. The Bertz CT molecular complexity index is 1700. The van der Waals surface area contributed by atoms with Crippen LogP contribution in [0, 0.1) is 0 Å². The van der Waals surface area contributed by atoms with Gasteiger partial charge in [0.2, 0.25) is 0 Å². The van der Waals surface area contributed by atoms with Crippen LogP contribution in [0.15, 0.2) is 89.0 Å². The van der Waals surface area contributed by atoms with Crippen molar-refractivity contribution in [1.29, 1.82) is 0 Å². The zero-order valence-electron chi connectivity index (χ0n) is 26.1. The first kappa shape index (κ1) is 33.7. The van der Waals surface area contributed by atoms with E-state index in [1.165, 1.54) is 0 Å². The maximum absolute atomic E-state index is 11.4. The zero-order chi connectivity index (χ0) is 33.2. The molecule has 2 aromatic carbocycles. The van der Waals surface area contributed by atoms with Crippen molar-refractivity contribution in [3.8, 4) is 0 Å². The van der Waals surface area contributed by atoms with Crippen LogP contribution in [0.25, 0.3) is 0 Å². The van der Waals surface area contributed by atoms with Gasteiger partial charge in [0, 0.05) is 13.1 Å². The van der Waals surface area contributed by atoms with Gasteiger partial charge in [0.1, 0.15) is 11.6 Å². The van der Waals surface area contributed by atoms with Gasteiger partial charge in [-0.2, -0.15) is 5.10 Å². The molecule has 15 nitrogen and oxygen atoms in total. The fourth-order valence-corrected chi connectivity index (χ4v) is 5.46. The maximum atomic E-state index is 11.4. The molecule has 0 unspecified atom stereocenters. The summed E-state index contributed by atoms with van der Waals surface area (Å²) >= 11 is 0. The van der Waals surface area contributed by atoms with Gasteiger partial charge in [0.05, 0.1) is 58.2 Å². The van der Waals surface area contributed by atoms with Crippen molar-refractivity contribution in [1.82, 2.24) is 39.9 Å². The van der Waals surface area contributed by atoms with E-state index in [2.05, 4.69) is 48.2 Å². The highest BCUT2D eigenvalue weighted by molar-refractivity contribution is 5.23. The molecule has 2 fully saturated rings. The molecule has 47 heavy (non-hydrogen) atoms. The lowest BCUT2D eigenvalue weighted by atomic mass is 10.0. The lowest BCUT2D eigenvalue weighted by Crippen LogP contribution is -2.46. The molecule has 0 spiro atoms. The molecule has 3 atom stereocenters. The number of aliphatic hydroxyl groups excluding tert-OH is 1. The van der Waals surface area contributed by atoms with E-state index < -0.39 is 12.0 Å². The van der Waals surface area contributed by atoms with Crippen molar-refractivity contribution < 1.29 is 19.3 Å². The number of aromatic amines is 3. The molecule has 0 bridgehead atoms. The molecule has 2 aliphatic rings. The number of hydrogen-bond donors (Lipinski definition) is 5. The molecular weight excluding hydrogens is 606 g/mol. The number of ether oxygens (including phenoxy) is 3. The molecule has 0 radical (unpaired) electrons. The Hall–Kier alpha value is -4.64. The van der Waals surface area contributed by atoms with E-state index in [4.69, 9.17) is 20.1 Å². The third-order valence-electron chi connectivity index (χ3n) is 7.95. The summed E-state index contributed by atoms with van der Waals surface area (Å²) in [4.78, 5) is 33.0. The van der Waals surface area contributed by atoms with Crippen LogP contribution in [-0.4, -0.2) is 90.2 Å². The number of benzene rings is 2. The Morgan fingerprint density at radius 2 is 1.74 bits per heavy atom. The Kier molecular flexibility index (Phi) is 11.7. The topological polar surface area (TPSA) is 193 Å². The van der Waals surface area contributed by atoms with Crippen LogP contribution in [0.4, 0.5) is 0 Å². The minimum atomic E-state index is -0.464. The molecule has 0 aliphatic carbocycles. The van der Waals surface area contributed by atoms with Crippen LogP contribution in [0.3, 0.4) is 0 Å². The molecule has 0 amide bonds. The fourth-order valence-electron chi connectivity index (χ4n) is 5.46. The highest BCUT2D eigenvalue weighted by Gasteiger charge is 2.35. The third-order valence-corrected chi connectivity index (χ3v) is 7.95. The Morgan fingerprint density at radius 1 is 1.02 bits per heavy atom. The second kappa shape index (κ2) is 16.3. The first-order valence-electron chi connectivity index (χ1n) is 15.3. The van der Waals surface area contributed by atoms with Crippen LogP contribution < -0.4 is 17.2 Å². The van der Waals surface area contributed by atoms with E-state index in [1.807, 2.05) is 54.6 Å². The number of nitrogens with one attached hydrogen (secondary N) is 3. The van der Waals surface area contributed by atoms with Gasteiger partial charge >= 0.3 is 11.4 Å². The Balaban J connectivity index is 0.000000207. The summed E-state index contributed by atoms with van der Waals surface area (Å²) in [5, 5.41) is 19.5. The van der Waals surface area contributed by atoms with Crippen molar-refractivity contribution in [3.05, 3.63) is 129 Å². The lowest BCUT2D eigenvalue weighted by Gasteiger charge is -2.40. The van der Waals surface area contributed by atoms with E-state index in [1.54, 1.807) is 6.08 Å². The van der Waals surface area contributed by atoms with Crippen molar-refractivity contribution in [3.63, 3.8) is 0 Å². The number of nitrogen functional groups attached to an aromatic ring is 1. The number of hydrogen-bond acceptors (Lipinski definition) is 11. The van der Waals surface area contributed by atoms with Crippen LogP contribution in [0.2, 0.25) is 0 Å². The van der Waals surface area contributed by atoms with E-state index in [0.717, 1.165) is 33.6 Å². The molecule has 250 valence electrons. The summed E-state index contributed by atoms with van der Waals surface area (Å²) < 4.78 is 17.6. The van der Waals surface area contributed by atoms with Gasteiger partial charge in [-0.1, -0.05) is 73.8 Å². The predicted octanol–water partition coefficient (Wildman–Crippen LogP) is 0.935. The molecule has 0 saturated carbocycles. The number of morpholine rings is 2. The van der Waals surface area contributed by atoms with Crippen LogP contribution in [-0.2, 0) is 40.5 Å². The van der Waals surface area contributed by atoms with E-state index >= 15 is 0 Å². The second-order valence-electron chi connectivity index (χ2n) is 11.1. The number of nitrogens with two attached hydrogens (primary N) is 1. The predicted molar refractivity (Wildman–Crippen MR) is 173 cm³/mol. The molecule has 2 saturated heterocycles. The standard InChI is InChI=1S/C21H24N4O4.C11H17N5O2/c26-13-15-6-8-16(9-7-15)14-29-20-19(17-4-2-1-3-5-17)25(10-11-28-20)12-18-22-21(27)24-23-18;1-3-8(2)9-7-18-5-4-15(9)6-10-13-11(17)16(12)14-10/h1-9,19-20,26H,10-14H2,(H2,22,23,24,27);3,9H,1-2,4-7,12H2,(H,13,14,17)/t19-,20+;9-/m01/s1. The van der Waals surface area contributed by atoms with Gasteiger partial charge in [0.15, 0.2) is 6.29 Å². The number of nitrogens with zero attached hydrogens (tertiary/aromatic N) is 5. The van der Waals surface area contributed by atoms with Gasteiger partial charge < -0.3 is 25.2 Å². The van der Waals surface area contributed by atoms with Gasteiger partial charge in [-0.3, -0.25) is 19.8 Å². The van der Waals surface area contributed by atoms with Crippen molar-refractivity contribution in [2.45, 2.75) is 44.7 Å². The number of aliphatic hydroxyl groups is 1. The van der Waals surface area contributed by atoms with Crippen LogP contribution >= 0.6 is 0 Å². The number of rotatable bonds is 11. The summed E-state index contributed by atoms with van der Waals surface area (Å²) in [5.41, 5.74) is 3.10. The molecule has 4 heterocycles. The van der Waals surface area contributed by atoms with Gasteiger partial charge in [-0.15, -0.1) is 9.89 Å². The SMILES string of the molecule is C=CC(=C)[C@H]1COCCN1Cc1nn(N)c(=O)[nH]1.O=c1[nH]nc(CN2CCO[C@H](OCc3ccc(CO)cc3)[C@@H]2c2ccccc2)[nH]1. The smallest absolute Gasteiger partial charge is 0.362 e. The average molecular weight is 648 g/mol. The minimum absolute atomic E-state index is 0.0210. The molecule has 15 heteroatoms. The summed E-state index contributed by atoms with van der Waals surface area (Å²) in [6.45, 7) is 12.2. The molecule has 2 aliphatic heterocycles. The van der Waals surface area contributed by atoms with E-state index in [9.17, 15) is 14.7 Å². The average Bonchev–Trinajstić information content (AvgIpc) is 3.66. The molecule has 4 aromatic rings. The van der Waals surface area contributed by atoms with E-state index in [0.29, 0.717) is 57.7 Å². The highest BCUT2D eigenvalue weighted by atomic mass is 16.7. The first-order valence-corrected chi connectivity index (χ1v) is 15.3. The monoisotopic (exact) mass is 647 g/mol. The normalized spacial score (nSPS) is 20.3. The summed E-state index contributed by atoms with van der Waals surface area (Å²) in [6.07, 6.45) is 1.26. The van der Waals surface area contributed by atoms with Crippen LogP contribution in [0.1, 0.15) is 34.4 Å². The summed E-state index contributed by atoms with van der Waals surface area (Å²) in [7, 11) is 0. The summed E-state index contributed by atoms with van der Waals surface area (Å²) in [6, 6.07) is 17.6. The van der Waals surface area contributed by atoms with Gasteiger partial charge in [-0.25, -0.2) is 14.7 Å². The summed E-state index contributed by atoms with van der Waals surface area (Å²) in [5.74, 6) is 6.46. The largest absolute Gasteiger partial charge is 0.392 e. The maximum Gasteiger partial charge on any atom is 0.362 e. The van der Waals surface area contributed by atoms with Gasteiger partial charge in [0.25, 0.3) is 0 Å². The fraction of sp³-hybridized carbons (Fsp3) is 0.375. The van der Waals surface area contributed by atoms with Gasteiger partial charge in [-0.05, 0) is 22.3 Å². The molecule has 6 N–H and O–H groups in total. The van der Waals surface area contributed by atoms with Crippen molar-refractivity contribution in [2.75, 3.05) is 38.8 Å². The number of H-pyrrole nitrogens is 3. The molecule has 6 rings (SSSR count).